The summed E-state index contributed by atoms with van der Waals surface area (Å²) in [5.41, 5.74) is 1.34. The molecule has 0 saturated carbocycles. The number of imidazole rings is 1. The molecule has 0 radical (unpaired) electrons. The smallest absolute Gasteiger partial charge is 0.324 e. The molecule has 2 atom stereocenters. The van der Waals surface area contributed by atoms with Gasteiger partial charge in [-0.05, 0) is 87.2 Å². The summed E-state index contributed by atoms with van der Waals surface area (Å²) in [6.45, 7) is 3.08. The van der Waals surface area contributed by atoms with Gasteiger partial charge in [-0.15, -0.1) is 0 Å². The first-order chi connectivity index (χ1) is 14.9. The zero-order valence-corrected chi connectivity index (χ0v) is 18.0. The third-order valence-corrected chi connectivity index (χ3v) is 7.08. The monoisotopic (exact) mass is 447 g/mol. The van der Waals surface area contributed by atoms with Gasteiger partial charge in [0.1, 0.15) is 5.82 Å². The van der Waals surface area contributed by atoms with Crippen LogP contribution in [-0.2, 0) is 12.7 Å². The van der Waals surface area contributed by atoms with Crippen LogP contribution in [0.5, 0.6) is 0 Å². The number of benzene rings is 2. The molecule has 1 unspecified atom stereocenters. The second-order valence-electron chi connectivity index (χ2n) is 8.76. The average Bonchev–Trinajstić information content (AvgIpc) is 3.11. The molecule has 3 heterocycles. The van der Waals surface area contributed by atoms with Crippen molar-refractivity contribution in [2.75, 3.05) is 13.1 Å². The fourth-order valence-electron chi connectivity index (χ4n) is 5.33. The maximum atomic E-state index is 13.3. The Hall–Kier alpha value is -2.05. The van der Waals surface area contributed by atoms with Gasteiger partial charge in [0.15, 0.2) is 0 Å². The van der Waals surface area contributed by atoms with E-state index < -0.39 is 11.7 Å². The van der Waals surface area contributed by atoms with Gasteiger partial charge in [-0.3, -0.25) is 0 Å². The van der Waals surface area contributed by atoms with Crippen molar-refractivity contribution in [2.45, 2.75) is 50.9 Å². The van der Waals surface area contributed by atoms with Crippen molar-refractivity contribution in [3.63, 3.8) is 0 Å². The van der Waals surface area contributed by atoms with E-state index in [-0.39, 0.29) is 0 Å². The Labute approximate surface area is 184 Å². The number of alkyl halides is 3. The number of halogens is 4. The average molecular weight is 448 g/mol. The van der Waals surface area contributed by atoms with E-state index in [4.69, 9.17) is 11.6 Å². The van der Waals surface area contributed by atoms with E-state index >= 15 is 0 Å². The van der Waals surface area contributed by atoms with E-state index in [1.807, 2.05) is 12.1 Å². The molecule has 2 saturated heterocycles. The molecule has 0 bridgehead atoms. The van der Waals surface area contributed by atoms with Crippen molar-refractivity contribution in [3.05, 3.63) is 53.1 Å². The molecule has 31 heavy (non-hydrogen) atoms. The Morgan fingerprint density at radius 1 is 0.968 bits per heavy atom. The van der Waals surface area contributed by atoms with Crippen LogP contribution in [0.2, 0.25) is 5.02 Å². The number of rotatable bonds is 3. The van der Waals surface area contributed by atoms with Crippen molar-refractivity contribution in [1.29, 1.82) is 0 Å². The Kier molecular flexibility index (Phi) is 5.47. The summed E-state index contributed by atoms with van der Waals surface area (Å²) >= 11 is 6.06. The molecule has 0 N–H and O–H groups in total. The van der Waals surface area contributed by atoms with Crippen molar-refractivity contribution in [2.24, 2.45) is 5.92 Å². The molecule has 3 nitrogen and oxygen atoms in total. The van der Waals surface area contributed by atoms with Gasteiger partial charge in [-0.25, -0.2) is 4.98 Å². The van der Waals surface area contributed by atoms with E-state index in [9.17, 15) is 13.2 Å². The second-order valence-corrected chi connectivity index (χ2v) is 9.19. The lowest BCUT2D eigenvalue weighted by molar-refractivity contribution is -0.137. The van der Waals surface area contributed by atoms with Gasteiger partial charge in [-0.2, -0.15) is 13.2 Å². The molecule has 7 heteroatoms. The molecule has 1 aromatic heterocycles. The molecule has 3 aromatic rings. The summed E-state index contributed by atoms with van der Waals surface area (Å²) in [4.78, 5) is 7.27. The Bertz CT molecular complexity index is 1070. The van der Waals surface area contributed by atoms with Crippen LogP contribution in [0.3, 0.4) is 0 Å². The molecular weight excluding hydrogens is 423 g/mol. The van der Waals surface area contributed by atoms with Gasteiger partial charge in [0, 0.05) is 23.2 Å². The van der Waals surface area contributed by atoms with E-state index in [0.717, 1.165) is 37.1 Å². The SMILES string of the molecule is FC(F)(F)c1ccc2c(c1)nc(-c1ccc(Cl)cc1)n2C[C@H]1CCCN2CCCCC12. The van der Waals surface area contributed by atoms with Crippen LogP contribution >= 0.6 is 11.6 Å². The number of nitrogens with zero attached hydrogens (tertiary/aromatic N) is 3. The largest absolute Gasteiger partial charge is 0.416 e. The van der Waals surface area contributed by atoms with E-state index in [2.05, 4.69) is 14.5 Å². The lowest BCUT2D eigenvalue weighted by Gasteiger charge is -2.44. The van der Waals surface area contributed by atoms with Crippen LogP contribution in [0.25, 0.3) is 22.4 Å². The molecule has 5 rings (SSSR count). The summed E-state index contributed by atoms with van der Waals surface area (Å²) in [6, 6.07) is 11.8. The fraction of sp³-hybridized carbons (Fsp3) is 0.458. The third kappa shape index (κ3) is 4.08. The van der Waals surface area contributed by atoms with Crippen LogP contribution in [0.1, 0.15) is 37.7 Å². The topological polar surface area (TPSA) is 21.1 Å². The van der Waals surface area contributed by atoms with E-state index in [0.29, 0.717) is 28.3 Å². The predicted octanol–water partition coefficient (Wildman–Crippen LogP) is 6.64. The standard InChI is InChI=1S/C24H25ClF3N3/c25-19-9-6-16(7-10-19)23-29-20-14-18(24(26,27)28)8-11-22(20)31(23)15-17-4-3-13-30-12-2-1-5-21(17)30/h6-11,14,17,21H,1-5,12-13,15H2/t17-,21?/m1/s1. The minimum atomic E-state index is -4.38. The number of fused-ring (bicyclic) bond motifs is 2. The highest BCUT2D eigenvalue weighted by molar-refractivity contribution is 6.30. The van der Waals surface area contributed by atoms with Crippen molar-refractivity contribution < 1.29 is 13.2 Å². The minimum absolute atomic E-state index is 0.385. The molecule has 2 aliphatic rings. The highest BCUT2D eigenvalue weighted by atomic mass is 35.5. The molecule has 0 aliphatic carbocycles. The second kappa shape index (κ2) is 8.14. The van der Waals surface area contributed by atoms with Crippen LogP contribution in [0.15, 0.2) is 42.5 Å². The zero-order chi connectivity index (χ0) is 21.6. The van der Waals surface area contributed by atoms with Gasteiger partial charge in [0.25, 0.3) is 0 Å². The first-order valence-electron chi connectivity index (χ1n) is 11.0. The lowest BCUT2D eigenvalue weighted by Crippen LogP contribution is -2.49. The first-order valence-corrected chi connectivity index (χ1v) is 11.4. The Morgan fingerprint density at radius 3 is 2.52 bits per heavy atom. The van der Waals surface area contributed by atoms with E-state index in [1.54, 1.807) is 18.2 Å². The number of hydrogen-bond acceptors (Lipinski definition) is 2. The normalized spacial score (nSPS) is 22.6. The van der Waals surface area contributed by atoms with Crippen LogP contribution in [0.4, 0.5) is 13.2 Å². The summed E-state index contributed by atoms with van der Waals surface area (Å²) in [7, 11) is 0. The minimum Gasteiger partial charge on any atom is -0.324 e. The predicted molar refractivity (Wildman–Crippen MR) is 117 cm³/mol. The number of piperidine rings is 2. The van der Waals surface area contributed by atoms with Crippen molar-refractivity contribution in [1.82, 2.24) is 14.5 Å². The molecule has 0 spiro atoms. The van der Waals surface area contributed by atoms with Crippen molar-refractivity contribution in [3.8, 4) is 11.4 Å². The molecule has 0 amide bonds. The molecule has 2 aliphatic heterocycles. The summed E-state index contributed by atoms with van der Waals surface area (Å²) < 4.78 is 42.0. The maximum Gasteiger partial charge on any atom is 0.416 e. The van der Waals surface area contributed by atoms with Crippen molar-refractivity contribution >= 4 is 22.6 Å². The summed E-state index contributed by atoms with van der Waals surface area (Å²) in [6.07, 6.45) is 1.63. The van der Waals surface area contributed by atoms with Gasteiger partial charge in [0.05, 0.1) is 16.6 Å². The molecule has 2 fully saturated rings. The zero-order valence-electron chi connectivity index (χ0n) is 17.2. The quantitative estimate of drug-likeness (QED) is 0.448. The van der Waals surface area contributed by atoms with Crippen LogP contribution < -0.4 is 0 Å². The number of aromatic nitrogens is 2. The van der Waals surface area contributed by atoms with Gasteiger partial charge < -0.3 is 9.47 Å². The molecule has 2 aromatic carbocycles. The fourth-order valence-corrected chi connectivity index (χ4v) is 5.46. The van der Waals surface area contributed by atoms with Gasteiger partial charge in [-0.1, -0.05) is 18.0 Å². The molecular formula is C24H25ClF3N3. The lowest BCUT2D eigenvalue weighted by atomic mass is 9.83. The highest BCUT2D eigenvalue weighted by Gasteiger charge is 2.34. The van der Waals surface area contributed by atoms with Gasteiger partial charge >= 0.3 is 6.18 Å². The maximum absolute atomic E-state index is 13.3. The first kappa shape index (κ1) is 20.8. The highest BCUT2D eigenvalue weighted by Crippen LogP contribution is 2.36. The summed E-state index contributed by atoms with van der Waals surface area (Å²) in [5.74, 6) is 1.18. The summed E-state index contributed by atoms with van der Waals surface area (Å²) in [5, 5.41) is 0.621. The third-order valence-electron chi connectivity index (χ3n) is 6.82. The molecule has 164 valence electrons. The Balaban J connectivity index is 1.59. The van der Waals surface area contributed by atoms with Gasteiger partial charge in [0.2, 0.25) is 0 Å². The van der Waals surface area contributed by atoms with E-state index in [1.165, 1.54) is 37.8 Å². The number of hydrogen-bond donors (Lipinski definition) is 0. The van der Waals surface area contributed by atoms with Crippen LogP contribution in [0, 0.1) is 5.92 Å². The van der Waals surface area contributed by atoms with Crippen LogP contribution in [-0.4, -0.2) is 33.6 Å². The Morgan fingerprint density at radius 2 is 1.74 bits per heavy atom.